The Morgan fingerprint density at radius 1 is 1.15 bits per heavy atom. The summed E-state index contributed by atoms with van der Waals surface area (Å²) in [5.41, 5.74) is 3.65. The highest BCUT2D eigenvalue weighted by atomic mass is 16.5. The second kappa shape index (κ2) is 10.6. The Labute approximate surface area is 162 Å². The lowest BCUT2D eigenvalue weighted by atomic mass is 10.1. The average molecular weight is 372 g/mol. The van der Waals surface area contributed by atoms with Gasteiger partial charge in [-0.2, -0.15) is 0 Å². The van der Waals surface area contributed by atoms with E-state index in [4.69, 9.17) is 9.47 Å². The van der Waals surface area contributed by atoms with Crippen LogP contribution in [0.5, 0.6) is 11.5 Å². The molecule has 0 saturated carbocycles. The van der Waals surface area contributed by atoms with E-state index >= 15 is 0 Å². The Bertz CT molecular complexity index is 746. The number of ether oxygens (including phenoxy) is 2. The molecule has 5 heteroatoms. The van der Waals surface area contributed by atoms with Crippen molar-refractivity contribution in [2.75, 3.05) is 33.9 Å². The molecule has 0 aliphatic heterocycles. The van der Waals surface area contributed by atoms with Crippen LogP contribution in [0.2, 0.25) is 0 Å². The van der Waals surface area contributed by atoms with Crippen LogP contribution in [0.1, 0.15) is 23.6 Å². The number of carbonyl (C=O) groups excluding carboxylic acids is 1. The number of quaternary nitrogens is 1. The SMILES string of the molecule is CCOc1ccc(C[NH+](C)CC(=O)NCCc2ccccc2C)cc1OC. The van der Waals surface area contributed by atoms with Gasteiger partial charge in [0.2, 0.25) is 0 Å². The molecular formula is C22H31N2O3+. The van der Waals surface area contributed by atoms with Crippen molar-refractivity contribution >= 4 is 5.91 Å². The molecular weight excluding hydrogens is 340 g/mol. The molecule has 0 saturated heterocycles. The summed E-state index contributed by atoms with van der Waals surface area (Å²) in [4.78, 5) is 13.3. The minimum absolute atomic E-state index is 0.0685. The number of likely N-dealkylation sites (N-methyl/N-ethyl adjacent to an activating group) is 1. The number of methoxy groups -OCH3 is 1. The fraction of sp³-hybridized carbons (Fsp3) is 0.409. The predicted octanol–water partition coefficient (Wildman–Crippen LogP) is 1.78. The molecule has 0 heterocycles. The summed E-state index contributed by atoms with van der Waals surface area (Å²) in [6, 6.07) is 14.2. The minimum atomic E-state index is 0.0685. The molecule has 146 valence electrons. The summed E-state index contributed by atoms with van der Waals surface area (Å²) in [6.07, 6.45) is 0.855. The van der Waals surface area contributed by atoms with Gasteiger partial charge in [-0.25, -0.2) is 0 Å². The number of rotatable bonds is 10. The molecule has 0 spiro atoms. The van der Waals surface area contributed by atoms with Crippen molar-refractivity contribution in [2.24, 2.45) is 0 Å². The molecule has 1 atom stereocenters. The van der Waals surface area contributed by atoms with Crippen molar-refractivity contribution in [3.63, 3.8) is 0 Å². The topological polar surface area (TPSA) is 52.0 Å². The zero-order chi connectivity index (χ0) is 19.6. The van der Waals surface area contributed by atoms with Gasteiger partial charge in [0.25, 0.3) is 5.91 Å². The minimum Gasteiger partial charge on any atom is -0.493 e. The van der Waals surface area contributed by atoms with E-state index in [1.165, 1.54) is 11.1 Å². The zero-order valence-corrected chi connectivity index (χ0v) is 16.8. The molecule has 27 heavy (non-hydrogen) atoms. The van der Waals surface area contributed by atoms with Crippen LogP contribution in [0.4, 0.5) is 0 Å². The second-order valence-corrected chi connectivity index (χ2v) is 6.76. The number of aryl methyl sites for hydroxylation is 1. The summed E-state index contributed by atoms with van der Waals surface area (Å²) in [5.74, 6) is 1.54. The monoisotopic (exact) mass is 371 g/mol. The standard InChI is InChI=1S/C22H30N2O3/c1-5-27-20-11-10-18(14-21(20)26-4)15-24(3)16-22(25)23-13-12-19-9-7-6-8-17(19)2/h6-11,14H,5,12-13,15-16H2,1-4H3,(H,23,25)/p+1. The molecule has 1 unspecified atom stereocenters. The van der Waals surface area contributed by atoms with Crippen molar-refractivity contribution < 1.29 is 19.2 Å². The Hall–Kier alpha value is -2.53. The quantitative estimate of drug-likeness (QED) is 0.669. The smallest absolute Gasteiger partial charge is 0.275 e. The van der Waals surface area contributed by atoms with Gasteiger partial charge in [-0.15, -0.1) is 0 Å². The molecule has 2 N–H and O–H groups in total. The number of amides is 1. The van der Waals surface area contributed by atoms with E-state index in [0.717, 1.165) is 34.9 Å². The fourth-order valence-corrected chi connectivity index (χ4v) is 3.07. The maximum atomic E-state index is 12.2. The molecule has 2 aromatic rings. The van der Waals surface area contributed by atoms with Crippen LogP contribution in [0.3, 0.4) is 0 Å². The number of hydrogen-bond acceptors (Lipinski definition) is 3. The highest BCUT2D eigenvalue weighted by Crippen LogP contribution is 2.27. The lowest BCUT2D eigenvalue weighted by molar-refractivity contribution is -0.885. The van der Waals surface area contributed by atoms with E-state index < -0.39 is 0 Å². The van der Waals surface area contributed by atoms with Crippen molar-refractivity contribution in [2.45, 2.75) is 26.8 Å². The molecule has 5 nitrogen and oxygen atoms in total. The summed E-state index contributed by atoms with van der Waals surface area (Å²) in [7, 11) is 3.66. The van der Waals surface area contributed by atoms with Crippen LogP contribution < -0.4 is 19.7 Å². The van der Waals surface area contributed by atoms with Gasteiger partial charge in [0.15, 0.2) is 18.0 Å². The molecule has 0 aliphatic rings. The lowest BCUT2D eigenvalue weighted by Crippen LogP contribution is -3.08. The maximum Gasteiger partial charge on any atom is 0.275 e. The Balaban J connectivity index is 1.80. The van der Waals surface area contributed by atoms with E-state index in [1.807, 2.05) is 44.3 Å². The van der Waals surface area contributed by atoms with E-state index in [9.17, 15) is 4.79 Å². The molecule has 0 bridgehead atoms. The number of carbonyl (C=O) groups is 1. The van der Waals surface area contributed by atoms with Crippen molar-refractivity contribution in [1.82, 2.24) is 5.32 Å². The van der Waals surface area contributed by atoms with E-state index in [0.29, 0.717) is 19.7 Å². The summed E-state index contributed by atoms with van der Waals surface area (Å²) >= 11 is 0. The highest BCUT2D eigenvalue weighted by Gasteiger charge is 2.12. The summed E-state index contributed by atoms with van der Waals surface area (Å²) in [5, 5.41) is 3.02. The van der Waals surface area contributed by atoms with Gasteiger partial charge in [0.05, 0.1) is 20.8 Å². The Morgan fingerprint density at radius 2 is 1.93 bits per heavy atom. The Kier molecular flexibility index (Phi) is 8.14. The van der Waals surface area contributed by atoms with Crippen LogP contribution in [0.15, 0.2) is 42.5 Å². The number of hydrogen-bond donors (Lipinski definition) is 2. The van der Waals surface area contributed by atoms with Gasteiger partial charge in [-0.05, 0) is 49.6 Å². The van der Waals surface area contributed by atoms with E-state index in [-0.39, 0.29) is 5.91 Å². The van der Waals surface area contributed by atoms with Gasteiger partial charge in [0, 0.05) is 12.1 Å². The Morgan fingerprint density at radius 3 is 2.63 bits per heavy atom. The second-order valence-electron chi connectivity index (χ2n) is 6.76. The van der Waals surface area contributed by atoms with Gasteiger partial charge in [-0.3, -0.25) is 4.79 Å². The molecule has 0 fully saturated rings. The normalized spacial score (nSPS) is 11.7. The van der Waals surface area contributed by atoms with Gasteiger partial charge in [-0.1, -0.05) is 24.3 Å². The van der Waals surface area contributed by atoms with Crippen LogP contribution >= 0.6 is 0 Å². The molecule has 0 radical (unpaired) electrons. The molecule has 2 rings (SSSR count). The van der Waals surface area contributed by atoms with Crippen LogP contribution in [0, 0.1) is 6.92 Å². The number of nitrogens with one attached hydrogen (secondary N) is 2. The highest BCUT2D eigenvalue weighted by molar-refractivity contribution is 5.76. The number of benzene rings is 2. The molecule has 0 aliphatic carbocycles. The molecule has 2 aromatic carbocycles. The third-order valence-electron chi connectivity index (χ3n) is 4.47. The van der Waals surface area contributed by atoms with E-state index in [2.05, 4.69) is 24.4 Å². The maximum absolute atomic E-state index is 12.2. The molecule has 1 amide bonds. The first-order valence-corrected chi connectivity index (χ1v) is 9.45. The van der Waals surface area contributed by atoms with Crippen molar-refractivity contribution in [3.8, 4) is 11.5 Å². The third kappa shape index (κ3) is 6.61. The van der Waals surface area contributed by atoms with Gasteiger partial charge in [0.1, 0.15) is 6.54 Å². The first-order chi connectivity index (χ1) is 13.0. The average Bonchev–Trinajstić information content (AvgIpc) is 2.64. The summed E-state index contributed by atoms with van der Waals surface area (Å²) in [6.45, 7) is 6.48. The third-order valence-corrected chi connectivity index (χ3v) is 4.47. The summed E-state index contributed by atoms with van der Waals surface area (Å²) < 4.78 is 10.9. The molecule has 0 aromatic heterocycles. The van der Waals surface area contributed by atoms with Crippen molar-refractivity contribution in [1.29, 1.82) is 0 Å². The first-order valence-electron chi connectivity index (χ1n) is 9.45. The fourth-order valence-electron chi connectivity index (χ4n) is 3.07. The van der Waals surface area contributed by atoms with Crippen LogP contribution in [0.25, 0.3) is 0 Å². The largest absolute Gasteiger partial charge is 0.493 e. The van der Waals surface area contributed by atoms with Crippen LogP contribution in [-0.4, -0.2) is 39.8 Å². The first kappa shape index (κ1) is 20.8. The van der Waals surface area contributed by atoms with Crippen LogP contribution in [-0.2, 0) is 17.8 Å². The van der Waals surface area contributed by atoms with Gasteiger partial charge < -0.3 is 19.7 Å². The van der Waals surface area contributed by atoms with Gasteiger partial charge >= 0.3 is 0 Å². The lowest BCUT2D eigenvalue weighted by Gasteiger charge is -2.16. The zero-order valence-electron chi connectivity index (χ0n) is 16.8. The predicted molar refractivity (Wildman–Crippen MR) is 108 cm³/mol. The van der Waals surface area contributed by atoms with Crippen molar-refractivity contribution in [3.05, 3.63) is 59.2 Å². The van der Waals surface area contributed by atoms with E-state index in [1.54, 1.807) is 7.11 Å².